The first-order valence-corrected chi connectivity index (χ1v) is 7.54. The highest BCUT2D eigenvalue weighted by atomic mass is 32.2. The van der Waals surface area contributed by atoms with Crippen LogP contribution in [0.3, 0.4) is 0 Å². The zero-order valence-electron chi connectivity index (χ0n) is 11.2. The molecular formula is C12H21N5S. The molecular weight excluding hydrogens is 246 g/mol. The van der Waals surface area contributed by atoms with Crippen LogP contribution in [0, 0.1) is 13.8 Å². The fraction of sp³-hybridized carbons (Fsp3) is 0.667. The van der Waals surface area contributed by atoms with Crippen molar-refractivity contribution in [3.8, 4) is 0 Å². The lowest BCUT2D eigenvalue weighted by molar-refractivity contribution is 0.748. The number of rotatable bonds is 4. The van der Waals surface area contributed by atoms with Crippen molar-refractivity contribution in [2.75, 3.05) is 17.0 Å². The van der Waals surface area contributed by atoms with E-state index in [9.17, 15) is 0 Å². The summed E-state index contributed by atoms with van der Waals surface area (Å²) in [6.45, 7) is 3.86. The molecule has 1 saturated carbocycles. The second-order valence-corrected chi connectivity index (χ2v) is 5.89. The Bertz CT molecular complexity index is 423. The third-order valence-electron chi connectivity index (χ3n) is 3.45. The molecule has 5 nitrogen and oxygen atoms in total. The van der Waals surface area contributed by atoms with Crippen LogP contribution in [0.2, 0.25) is 0 Å². The molecule has 1 aromatic heterocycles. The zero-order valence-corrected chi connectivity index (χ0v) is 12.0. The number of aromatic nitrogens is 2. The minimum absolute atomic E-state index is 0.515. The topological polar surface area (TPSA) is 75.9 Å². The number of hydrazine groups is 1. The Balaban J connectivity index is 2.12. The van der Waals surface area contributed by atoms with E-state index in [1.165, 1.54) is 19.3 Å². The van der Waals surface area contributed by atoms with E-state index in [1.807, 2.05) is 25.6 Å². The Labute approximate surface area is 112 Å². The van der Waals surface area contributed by atoms with Crippen LogP contribution >= 0.6 is 11.8 Å². The SMILES string of the molecule is CSC1CCC(Nc2nc(C)nc(NN)c2C)C1. The van der Waals surface area contributed by atoms with Gasteiger partial charge in [0.25, 0.3) is 0 Å². The summed E-state index contributed by atoms with van der Waals surface area (Å²) in [5.74, 6) is 7.80. The van der Waals surface area contributed by atoms with E-state index >= 15 is 0 Å². The van der Waals surface area contributed by atoms with Crippen LogP contribution in [0.15, 0.2) is 0 Å². The summed E-state index contributed by atoms with van der Waals surface area (Å²) in [6, 6.07) is 0.515. The molecule has 18 heavy (non-hydrogen) atoms. The standard InChI is InChI=1S/C12H21N5S/c1-7-11(14-8(2)15-12(7)17-13)16-9-4-5-10(6-9)18-3/h9-10H,4-6,13H2,1-3H3,(H2,14,15,16,17). The second kappa shape index (κ2) is 5.75. The molecule has 1 fully saturated rings. The summed E-state index contributed by atoms with van der Waals surface area (Å²) in [6.07, 6.45) is 5.88. The summed E-state index contributed by atoms with van der Waals surface area (Å²) in [4.78, 5) is 8.74. The molecule has 6 heteroatoms. The van der Waals surface area contributed by atoms with E-state index in [-0.39, 0.29) is 0 Å². The molecule has 1 aliphatic carbocycles. The Morgan fingerprint density at radius 1 is 1.22 bits per heavy atom. The number of nitrogen functional groups attached to an aromatic ring is 1. The minimum Gasteiger partial charge on any atom is -0.367 e. The molecule has 0 bridgehead atoms. The van der Waals surface area contributed by atoms with Crippen molar-refractivity contribution in [1.29, 1.82) is 0 Å². The summed E-state index contributed by atoms with van der Waals surface area (Å²) in [5.41, 5.74) is 3.61. The Morgan fingerprint density at radius 2 is 1.94 bits per heavy atom. The zero-order chi connectivity index (χ0) is 13.1. The Kier molecular flexibility index (Phi) is 4.29. The molecule has 0 aliphatic heterocycles. The fourth-order valence-corrected chi connectivity index (χ4v) is 3.18. The fourth-order valence-electron chi connectivity index (χ4n) is 2.39. The Hall–Kier alpha value is -1.01. The van der Waals surface area contributed by atoms with Crippen LogP contribution in [-0.2, 0) is 0 Å². The van der Waals surface area contributed by atoms with Gasteiger partial charge in [0.1, 0.15) is 17.5 Å². The van der Waals surface area contributed by atoms with Gasteiger partial charge in [-0.1, -0.05) is 0 Å². The summed E-state index contributed by atoms with van der Waals surface area (Å²) in [7, 11) is 0. The molecule has 0 aromatic carbocycles. The van der Waals surface area contributed by atoms with Crippen LogP contribution < -0.4 is 16.6 Å². The quantitative estimate of drug-likeness (QED) is 0.573. The lowest BCUT2D eigenvalue weighted by Gasteiger charge is -2.17. The van der Waals surface area contributed by atoms with Crippen molar-refractivity contribution < 1.29 is 0 Å². The van der Waals surface area contributed by atoms with Gasteiger partial charge in [0.15, 0.2) is 0 Å². The first-order valence-electron chi connectivity index (χ1n) is 6.25. The van der Waals surface area contributed by atoms with E-state index in [0.717, 1.165) is 22.5 Å². The average molecular weight is 267 g/mol. The minimum atomic E-state index is 0.515. The number of anilines is 2. The highest BCUT2D eigenvalue weighted by molar-refractivity contribution is 7.99. The second-order valence-electron chi connectivity index (χ2n) is 4.75. The maximum atomic E-state index is 5.47. The van der Waals surface area contributed by atoms with Crippen molar-refractivity contribution in [3.63, 3.8) is 0 Å². The molecule has 2 rings (SSSR count). The van der Waals surface area contributed by atoms with Gasteiger partial charge >= 0.3 is 0 Å². The third-order valence-corrected chi connectivity index (χ3v) is 4.55. The van der Waals surface area contributed by atoms with E-state index in [2.05, 4.69) is 27.0 Å². The van der Waals surface area contributed by atoms with Crippen molar-refractivity contribution in [3.05, 3.63) is 11.4 Å². The van der Waals surface area contributed by atoms with E-state index in [1.54, 1.807) is 0 Å². The predicted molar refractivity (Wildman–Crippen MR) is 77.9 cm³/mol. The van der Waals surface area contributed by atoms with Gasteiger partial charge in [-0.25, -0.2) is 15.8 Å². The molecule has 0 spiro atoms. The molecule has 1 heterocycles. The molecule has 1 aromatic rings. The number of nitrogens with one attached hydrogen (secondary N) is 2. The molecule has 2 atom stereocenters. The van der Waals surface area contributed by atoms with E-state index in [4.69, 9.17) is 5.84 Å². The molecule has 1 aliphatic rings. The normalized spacial score (nSPS) is 23.1. The van der Waals surface area contributed by atoms with Gasteiger partial charge in [-0.3, -0.25) is 0 Å². The molecule has 2 unspecified atom stereocenters. The van der Waals surface area contributed by atoms with Gasteiger partial charge in [0, 0.05) is 16.9 Å². The van der Waals surface area contributed by atoms with Gasteiger partial charge in [-0.2, -0.15) is 11.8 Å². The number of nitrogens with zero attached hydrogens (tertiary/aromatic N) is 2. The summed E-state index contributed by atoms with van der Waals surface area (Å²) < 4.78 is 0. The maximum Gasteiger partial charge on any atom is 0.148 e. The lowest BCUT2D eigenvalue weighted by Crippen LogP contribution is -2.20. The number of nitrogens with two attached hydrogens (primary N) is 1. The predicted octanol–water partition coefficient (Wildman–Crippen LogP) is 2.08. The number of hydrogen-bond acceptors (Lipinski definition) is 6. The van der Waals surface area contributed by atoms with Crippen molar-refractivity contribution >= 4 is 23.4 Å². The highest BCUT2D eigenvalue weighted by Crippen LogP contribution is 2.31. The van der Waals surface area contributed by atoms with Crippen LogP contribution in [0.25, 0.3) is 0 Å². The van der Waals surface area contributed by atoms with Crippen LogP contribution in [0.4, 0.5) is 11.6 Å². The van der Waals surface area contributed by atoms with Crippen LogP contribution in [-0.4, -0.2) is 27.5 Å². The maximum absolute atomic E-state index is 5.47. The molecule has 0 amide bonds. The number of thioether (sulfide) groups is 1. The number of hydrogen-bond donors (Lipinski definition) is 3. The summed E-state index contributed by atoms with van der Waals surface area (Å²) >= 11 is 1.96. The van der Waals surface area contributed by atoms with Crippen LogP contribution in [0.1, 0.15) is 30.7 Å². The van der Waals surface area contributed by atoms with E-state index < -0.39 is 0 Å². The van der Waals surface area contributed by atoms with Gasteiger partial charge in [-0.05, 0) is 39.4 Å². The molecule has 100 valence electrons. The van der Waals surface area contributed by atoms with Gasteiger partial charge in [0.05, 0.1) is 0 Å². The highest BCUT2D eigenvalue weighted by Gasteiger charge is 2.24. The lowest BCUT2D eigenvalue weighted by atomic mass is 10.2. The first-order chi connectivity index (χ1) is 8.63. The van der Waals surface area contributed by atoms with Crippen LogP contribution in [0.5, 0.6) is 0 Å². The molecule has 0 saturated heterocycles. The smallest absolute Gasteiger partial charge is 0.148 e. The van der Waals surface area contributed by atoms with Gasteiger partial charge < -0.3 is 10.7 Å². The Morgan fingerprint density at radius 3 is 2.56 bits per heavy atom. The number of aryl methyl sites for hydroxylation is 1. The largest absolute Gasteiger partial charge is 0.367 e. The average Bonchev–Trinajstić information content (AvgIpc) is 2.81. The molecule has 4 N–H and O–H groups in total. The van der Waals surface area contributed by atoms with Gasteiger partial charge in [0.2, 0.25) is 0 Å². The van der Waals surface area contributed by atoms with Crippen molar-refractivity contribution in [2.24, 2.45) is 5.84 Å². The summed E-state index contributed by atoms with van der Waals surface area (Å²) in [5, 5.41) is 4.30. The van der Waals surface area contributed by atoms with Crippen molar-refractivity contribution in [2.45, 2.75) is 44.4 Å². The monoisotopic (exact) mass is 267 g/mol. The molecule has 0 radical (unpaired) electrons. The van der Waals surface area contributed by atoms with E-state index in [0.29, 0.717) is 11.9 Å². The van der Waals surface area contributed by atoms with Gasteiger partial charge in [-0.15, -0.1) is 0 Å². The first kappa shape index (κ1) is 13.4. The third kappa shape index (κ3) is 2.87. The van der Waals surface area contributed by atoms with Crippen molar-refractivity contribution in [1.82, 2.24) is 9.97 Å².